The fourth-order valence-electron chi connectivity index (χ4n) is 1.36. The maximum Gasteiger partial charge on any atom is 0.153 e. The van der Waals surface area contributed by atoms with Crippen molar-refractivity contribution in [2.24, 2.45) is 0 Å². The van der Waals surface area contributed by atoms with E-state index in [1.807, 2.05) is 30.3 Å². The standard InChI is InChI=1S/C11H11N3O/c1-15-9-4-2-8(3-5-9)10-6-7-13-14-11(10)12/h2-7H,1H3,(H2,12,14). The van der Waals surface area contributed by atoms with Gasteiger partial charge in [-0.2, -0.15) is 5.10 Å². The zero-order valence-corrected chi connectivity index (χ0v) is 8.34. The van der Waals surface area contributed by atoms with Gasteiger partial charge >= 0.3 is 0 Å². The van der Waals surface area contributed by atoms with E-state index in [4.69, 9.17) is 10.5 Å². The highest BCUT2D eigenvalue weighted by molar-refractivity contribution is 5.73. The van der Waals surface area contributed by atoms with E-state index in [2.05, 4.69) is 10.2 Å². The summed E-state index contributed by atoms with van der Waals surface area (Å²) in [6.45, 7) is 0. The zero-order chi connectivity index (χ0) is 10.7. The van der Waals surface area contributed by atoms with E-state index in [1.54, 1.807) is 13.3 Å². The van der Waals surface area contributed by atoms with Crippen molar-refractivity contribution >= 4 is 5.82 Å². The van der Waals surface area contributed by atoms with Gasteiger partial charge in [0.25, 0.3) is 0 Å². The lowest BCUT2D eigenvalue weighted by Crippen LogP contribution is -1.95. The summed E-state index contributed by atoms with van der Waals surface area (Å²) in [6.07, 6.45) is 1.62. The fourth-order valence-corrected chi connectivity index (χ4v) is 1.36. The van der Waals surface area contributed by atoms with Crippen molar-refractivity contribution in [3.63, 3.8) is 0 Å². The minimum Gasteiger partial charge on any atom is -0.497 e. The topological polar surface area (TPSA) is 61.0 Å². The number of anilines is 1. The van der Waals surface area contributed by atoms with Gasteiger partial charge in [-0.15, -0.1) is 5.10 Å². The first kappa shape index (κ1) is 9.45. The second kappa shape index (κ2) is 3.96. The third-order valence-corrected chi connectivity index (χ3v) is 2.15. The molecular formula is C11H11N3O. The first-order chi connectivity index (χ1) is 7.31. The second-order valence-corrected chi connectivity index (χ2v) is 3.06. The summed E-state index contributed by atoms with van der Waals surface area (Å²) in [6, 6.07) is 9.48. The Kier molecular flexibility index (Phi) is 2.49. The molecule has 4 heteroatoms. The SMILES string of the molecule is COc1ccc(-c2ccnnc2N)cc1. The minimum atomic E-state index is 0.433. The molecule has 0 aliphatic heterocycles. The van der Waals surface area contributed by atoms with E-state index in [0.717, 1.165) is 16.9 Å². The van der Waals surface area contributed by atoms with Crippen molar-refractivity contribution in [1.82, 2.24) is 10.2 Å². The van der Waals surface area contributed by atoms with Crippen LogP contribution in [0.15, 0.2) is 36.5 Å². The minimum absolute atomic E-state index is 0.433. The average Bonchev–Trinajstić information content (AvgIpc) is 2.30. The molecule has 0 saturated heterocycles. The molecule has 0 fully saturated rings. The summed E-state index contributed by atoms with van der Waals surface area (Å²) in [5.74, 6) is 1.25. The summed E-state index contributed by atoms with van der Waals surface area (Å²) in [4.78, 5) is 0. The number of aromatic nitrogens is 2. The number of rotatable bonds is 2. The highest BCUT2D eigenvalue weighted by Gasteiger charge is 2.02. The Balaban J connectivity index is 2.42. The highest BCUT2D eigenvalue weighted by atomic mass is 16.5. The number of methoxy groups -OCH3 is 1. The van der Waals surface area contributed by atoms with E-state index < -0.39 is 0 Å². The van der Waals surface area contributed by atoms with Crippen LogP contribution in [0.5, 0.6) is 5.75 Å². The van der Waals surface area contributed by atoms with E-state index in [-0.39, 0.29) is 0 Å². The molecule has 0 amide bonds. The molecule has 2 N–H and O–H groups in total. The summed E-state index contributed by atoms with van der Waals surface area (Å²) < 4.78 is 5.08. The molecule has 15 heavy (non-hydrogen) atoms. The molecule has 0 aliphatic rings. The Morgan fingerprint density at radius 3 is 2.47 bits per heavy atom. The van der Waals surface area contributed by atoms with Crippen molar-refractivity contribution in [3.05, 3.63) is 36.5 Å². The van der Waals surface area contributed by atoms with Gasteiger partial charge in [-0.25, -0.2) is 0 Å². The third kappa shape index (κ3) is 1.88. The van der Waals surface area contributed by atoms with Crippen LogP contribution < -0.4 is 10.5 Å². The Labute approximate surface area is 87.7 Å². The Morgan fingerprint density at radius 1 is 1.13 bits per heavy atom. The molecular weight excluding hydrogens is 190 g/mol. The Hall–Kier alpha value is -2.10. The molecule has 4 nitrogen and oxygen atoms in total. The van der Waals surface area contributed by atoms with Gasteiger partial charge in [0.15, 0.2) is 5.82 Å². The van der Waals surface area contributed by atoms with Crippen LogP contribution in [0.25, 0.3) is 11.1 Å². The van der Waals surface area contributed by atoms with Gasteiger partial charge in [-0.3, -0.25) is 0 Å². The van der Waals surface area contributed by atoms with Gasteiger partial charge in [0, 0.05) is 5.56 Å². The molecule has 0 unspecified atom stereocenters. The van der Waals surface area contributed by atoms with Crippen LogP contribution in [0.3, 0.4) is 0 Å². The van der Waals surface area contributed by atoms with E-state index in [0.29, 0.717) is 5.82 Å². The predicted octanol–water partition coefficient (Wildman–Crippen LogP) is 1.73. The van der Waals surface area contributed by atoms with Crippen LogP contribution in [-0.2, 0) is 0 Å². The Morgan fingerprint density at radius 2 is 1.87 bits per heavy atom. The first-order valence-electron chi connectivity index (χ1n) is 4.53. The van der Waals surface area contributed by atoms with Crippen LogP contribution in [0.2, 0.25) is 0 Å². The quantitative estimate of drug-likeness (QED) is 0.803. The van der Waals surface area contributed by atoms with Crippen LogP contribution in [0, 0.1) is 0 Å². The van der Waals surface area contributed by atoms with Gasteiger partial charge in [-0.1, -0.05) is 12.1 Å². The lowest BCUT2D eigenvalue weighted by molar-refractivity contribution is 0.415. The average molecular weight is 201 g/mol. The number of hydrogen-bond donors (Lipinski definition) is 1. The highest BCUT2D eigenvalue weighted by Crippen LogP contribution is 2.24. The van der Waals surface area contributed by atoms with Gasteiger partial charge in [-0.05, 0) is 23.8 Å². The van der Waals surface area contributed by atoms with Gasteiger partial charge in [0.05, 0.1) is 13.3 Å². The van der Waals surface area contributed by atoms with Gasteiger partial charge < -0.3 is 10.5 Å². The van der Waals surface area contributed by atoms with Crippen molar-refractivity contribution in [1.29, 1.82) is 0 Å². The molecule has 1 aromatic heterocycles. The molecule has 1 heterocycles. The van der Waals surface area contributed by atoms with Crippen LogP contribution in [0.4, 0.5) is 5.82 Å². The van der Waals surface area contributed by atoms with E-state index in [9.17, 15) is 0 Å². The maximum atomic E-state index is 5.72. The molecule has 76 valence electrons. The van der Waals surface area contributed by atoms with Crippen molar-refractivity contribution in [2.75, 3.05) is 12.8 Å². The number of ether oxygens (including phenoxy) is 1. The lowest BCUT2D eigenvalue weighted by Gasteiger charge is -2.04. The summed E-state index contributed by atoms with van der Waals surface area (Å²) >= 11 is 0. The lowest BCUT2D eigenvalue weighted by atomic mass is 10.1. The maximum absolute atomic E-state index is 5.72. The number of hydrogen-bond acceptors (Lipinski definition) is 4. The molecule has 2 aromatic rings. The number of benzene rings is 1. The first-order valence-corrected chi connectivity index (χ1v) is 4.53. The van der Waals surface area contributed by atoms with Crippen LogP contribution in [-0.4, -0.2) is 17.3 Å². The predicted molar refractivity (Wildman–Crippen MR) is 58.4 cm³/mol. The smallest absolute Gasteiger partial charge is 0.153 e. The number of nitrogens with two attached hydrogens (primary N) is 1. The molecule has 0 saturated carbocycles. The largest absolute Gasteiger partial charge is 0.497 e. The summed E-state index contributed by atoms with van der Waals surface area (Å²) in [7, 11) is 1.64. The van der Waals surface area contributed by atoms with Crippen LogP contribution in [0.1, 0.15) is 0 Å². The zero-order valence-electron chi connectivity index (χ0n) is 8.34. The van der Waals surface area contributed by atoms with Crippen molar-refractivity contribution in [2.45, 2.75) is 0 Å². The number of nitrogens with zero attached hydrogens (tertiary/aromatic N) is 2. The Bertz CT molecular complexity index is 454. The molecule has 0 radical (unpaired) electrons. The van der Waals surface area contributed by atoms with Gasteiger partial charge in [0.2, 0.25) is 0 Å². The normalized spacial score (nSPS) is 9.93. The molecule has 0 atom stereocenters. The monoisotopic (exact) mass is 201 g/mol. The molecule has 2 rings (SSSR count). The van der Waals surface area contributed by atoms with Crippen molar-refractivity contribution < 1.29 is 4.74 Å². The number of nitrogen functional groups attached to an aromatic ring is 1. The third-order valence-electron chi connectivity index (χ3n) is 2.15. The molecule has 0 bridgehead atoms. The molecule has 1 aromatic carbocycles. The fraction of sp³-hybridized carbons (Fsp3) is 0.0909. The van der Waals surface area contributed by atoms with E-state index in [1.165, 1.54) is 0 Å². The van der Waals surface area contributed by atoms with Gasteiger partial charge in [0.1, 0.15) is 5.75 Å². The van der Waals surface area contributed by atoms with Crippen LogP contribution >= 0.6 is 0 Å². The molecule has 0 spiro atoms. The molecule has 0 aliphatic carbocycles. The van der Waals surface area contributed by atoms with E-state index >= 15 is 0 Å². The summed E-state index contributed by atoms with van der Waals surface area (Å²) in [5, 5.41) is 7.50. The van der Waals surface area contributed by atoms with Crippen molar-refractivity contribution in [3.8, 4) is 16.9 Å². The summed E-state index contributed by atoms with van der Waals surface area (Å²) in [5.41, 5.74) is 7.60. The second-order valence-electron chi connectivity index (χ2n) is 3.06.